The predicted octanol–water partition coefficient (Wildman–Crippen LogP) is 3.72. The molecule has 0 atom stereocenters. The minimum Gasteiger partial charge on any atom is -0.409 e. The molecule has 1 aromatic carbocycles. The van der Waals surface area contributed by atoms with Crippen molar-refractivity contribution in [3.8, 4) is 0 Å². The van der Waals surface area contributed by atoms with Crippen LogP contribution in [0.2, 0.25) is 0 Å². The summed E-state index contributed by atoms with van der Waals surface area (Å²) in [5, 5.41) is 15.2. The van der Waals surface area contributed by atoms with Gasteiger partial charge in [-0.1, -0.05) is 41.0 Å². The van der Waals surface area contributed by atoms with Crippen molar-refractivity contribution in [1.29, 1.82) is 0 Å². The smallest absolute Gasteiger partial charge is 0.144 e. The molecule has 0 unspecified atom stereocenters. The molecule has 0 radical (unpaired) electrons. The van der Waals surface area contributed by atoms with Crippen LogP contribution in [0.1, 0.15) is 32.3 Å². The van der Waals surface area contributed by atoms with Crippen molar-refractivity contribution < 1.29 is 5.21 Å². The molecule has 0 amide bonds. The zero-order valence-electron chi connectivity index (χ0n) is 11.7. The van der Waals surface area contributed by atoms with Crippen LogP contribution in [0.25, 0.3) is 0 Å². The summed E-state index contributed by atoms with van der Waals surface area (Å²) in [6.07, 6.45) is 1.82. The van der Waals surface area contributed by atoms with E-state index < -0.39 is 0 Å². The molecule has 4 N–H and O–H groups in total. The van der Waals surface area contributed by atoms with Crippen LogP contribution in [0.15, 0.2) is 27.8 Å². The standard InChI is InChI=1S/C14H22BrN3O/c1-10-5-6-11(15)9-12(10)17-8-4-7-14(2,3)13(16)18-19/h5-6,9,17,19H,4,7-8H2,1-3H3,(H2,16,18). The zero-order valence-corrected chi connectivity index (χ0v) is 13.3. The average molecular weight is 328 g/mol. The summed E-state index contributed by atoms with van der Waals surface area (Å²) in [5.74, 6) is 0.283. The first kappa shape index (κ1) is 15.8. The monoisotopic (exact) mass is 327 g/mol. The number of aryl methyl sites for hydroxylation is 1. The van der Waals surface area contributed by atoms with E-state index in [0.29, 0.717) is 0 Å². The summed E-state index contributed by atoms with van der Waals surface area (Å²) in [5.41, 5.74) is 7.74. The molecule has 1 rings (SSSR count). The largest absolute Gasteiger partial charge is 0.409 e. The fourth-order valence-electron chi connectivity index (χ4n) is 1.80. The quantitative estimate of drug-likeness (QED) is 0.245. The van der Waals surface area contributed by atoms with Crippen molar-refractivity contribution in [1.82, 2.24) is 0 Å². The highest BCUT2D eigenvalue weighted by Gasteiger charge is 2.22. The van der Waals surface area contributed by atoms with Gasteiger partial charge in [-0.2, -0.15) is 0 Å². The molecule has 0 heterocycles. The number of anilines is 1. The molecule has 0 saturated heterocycles. The van der Waals surface area contributed by atoms with Gasteiger partial charge in [-0.15, -0.1) is 0 Å². The van der Waals surface area contributed by atoms with Crippen molar-refractivity contribution in [3.63, 3.8) is 0 Å². The number of nitrogens with one attached hydrogen (secondary N) is 1. The Balaban J connectivity index is 2.45. The highest BCUT2D eigenvalue weighted by molar-refractivity contribution is 9.10. The van der Waals surface area contributed by atoms with Crippen molar-refractivity contribution in [2.75, 3.05) is 11.9 Å². The molecule has 4 nitrogen and oxygen atoms in total. The number of rotatable bonds is 6. The van der Waals surface area contributed by atoms with Gasteiger partial charge < -0.3 is 16.3 Å². The first-order valence-corrected chi connectivity index (χ1v) is 7.14. The molecule has 19 heavy (non-hydrogen) atoms. The third-order valence-electron chi connectivity index (χ3n) is 3.29. The Morgan fingerprint density at radius 3 is 2.79 bits per heavy atom. The second kappa shape index (κ2) is 6.80. The number of hydrogen-bond donors (Lipinski definition) is 3. The molecular weight excluding hydrogens is 306 g/mol. The fourth-order valence-corrected chi connectivity index (χ4v) is 2.16. The zero-order chi connectivity index (χ0) is 14.5. The van der Waals surface area contributed by atoms with Crippen LogP contribution in [-0.4, -0.2) is 17.6 Å². The van der Waals surface area contributed by atoms with Gasteiger partial charge in [-0.05, 0) is 37.5 Å². The van der Waals surface area contributed by atoms with Crippen LogP contribution in [0.4, 0.5) is 5.69 Å². The summed E-state index contributed by atoms with van der Waals surface area (Å²) < 4.78 is 1.07. The van der Waals surface area contributed by atoms with Crippen molar-refractivity contribution in [3.05, 3.63) is 28.2 Å². The van der Waals surface area contributed by atoms with Gasteiger partial charge >= 0.3 is 0 Å². The topological polar surface area (TPSA) is 70.6 Å². The van der Waals surface area contributed by atoms with E-state index in [1.165, 1.54) is 5.56 Å². The van der Waals surface area contributed by atoms with Crippen molar-refractivity contribution in [2.45, 2.75) is 33.6 Å². The number of halogens is 1. The molecule has 0 bridgehead atoms. The van der Waals surface area contributed by atoms with Crippen LogP contribution in [0.3, 0.4) is 0 Å². The SMILES string of the molecule is Cc1ccc(Br)cc1NCCCC(C)(C)C(N)=NO. The first-order chi connectivity index (χ1) is 8.86. The molecular formula is C14H22BrN3O. The van der Waals surface area contributed by atoms with E-state index in [9.17, 15) is 0 Å². The maximum atomic E-state index is 8.71. The Morgan fingerprint density at radius 1 is 1.47 bits per heavy atom. The van der Waals surface area contributed by atoms with Gasteiger partial charge in [-0.3, -0.25) is 0 Å². The number of nitrogens with zero attached hydrogens (tertiary/aromatic N) is 1. The Morgan fingerprint density at radius 2 is 2.16 bits per heavy atom. The molecule has 0 aliphatic rings. The Labute approximate surface area is 123 Å². The van der Waals surface area contributed by atoms with E-state index in [-0.39, 0.29) is 11.3 Å². The molecule has 0 aliphatic carbocycles. The van der Waals surface area contributed by atoms with Gasteiger partial charge in [0.05, 0.1) is 0 Å². The number of benzene rings is 1. The summed E-state index contributed by atoms with van der Waals surface area (Å²) in [6, 6.07) is 6.18. The summed E-state index contributed by atoms with van der Waals surface area (Å²) >= 11 is 3.47. The van der Waals surface area contributed by atoms with Gasteiger partial charge in [0.15, 0.2) is 0 Å². The van der Waals surface area contributed by atoms with Gasteiger partial charge in [-0.25, -0.2) is 0 Å². The predicted molar refractivity (Wildman–Crippen MR) is 83.8 cm³/mol. The van der Waals surface area contributed by atoms with Crippen LogP contribution < -0.4 is 11.1 Å². The third-order valence-corrected chi connectivity index (χ3v) is 3.79. The fraction of sp³-hybridized carbons (Fsp3) is 0.500. The second-order valence-electron chi connectivity index (χ2n) is 5.36. The van der Waals surface area contributed by atoms with Crippen molar-refractivity contribution >= 4 is 27.5 Å². The lowest BCUT2D eigenvalue weighted by atomic mass is 9.86. The molecule has 0 aliphatic heterocycles. The molecule has 0 saturated carbocycles. The summed E-state index contributed by atoms with van der Waals surface area (Å²) in [6.45, 7) is 6.90. The Kier molecular flexibility index (Phi) is 5.66. The summed E-state index contributed by atoms with van der Waals surface area (Å²) in [7, 11) is 0. The maximum absolute atomic E-state index is 8.71. The molecule has 1 aromatic rings. The van der Waals surface area contributed by atoms with Crippen LogP contribution in [0.5, 0.6) is 0 Å². The number of hydrogen-bond acceptors (Lipinski definition) is 3. The molecule has 0 aromatic heterocycles. The molecule has 0 spiro atoms. The highest BCUT2D eigenvalue weighted by Crippen LogP contribution is 2.24. The molecule has 0 fully saturated rings. The van der Waals surface area contributed by atoms with Gasteiger partial charge in [0.1, 0.15) is 5.84 Å². The Bertz CT molecular complexity index is 458. The molecule has 5 heteroatoms. The van der Waals surface area contributed by atoms with Crippen LogP contribution >= 0.6 is 15.9 Å². The van der Waals surface area contributed by atoms with Gasteiger partial charge in [0.25, 0.3) is 0 Å². The van der Waals surface area contributed by atoms with E-state index >= 15 is 0 Å². The minimum absolute atomic E-state index is 0.275. The van der Waals surface area contributed by atoms with E-state index in [1.54, 1.807) is 0 Å². The normalized spacial score (nSPS) is 12.5. The average Bonchev–Trinajstić information content (AvgIpc) is 2.37. The van der Waals surface area contributed by atoms with Crippen LogP contribution in [0, 0.1) is 12.3 Å². The minimum atomic E-state index is -0.275. The second-order valence-corrected chi connectivity index (χ2v) is 6.27. The lowest BCUT2D eigenvalue weighted by Gasteiger charge is -2.22. The summed E-state index contributed by atoms with van der Waals surface area (Å²) in [4.78, 5) is 0. The Hall–Kier alpha value is -1.23. The van der Waals surface area contributed by atoms with Crippen molar-refractivity contribution in [2.24, 2.45) is 16.3 Å². The van der Waals surface area contributed by atoms with Crippen LogP contribution in [-0.2, 0) is 0 Å². The van der Waals surface area contributed by atoms with E-state index in [1.807, 2.05) is 19.9 Å². The van der Waals surface area contributed by atoms with Gasteiger partial charge in [0, 0.05) is 22.1 Å². The third kappa shape index (κ3) is 4.74. The highest BCUT2D eigenvalue weighted by atomic mass is 79.9. The van der Waals surface area contributed by atoms with E-state index in [4.69, 9.17) is 10.9 Å². The number of oxime groups is 1. The maximum Gasteiger partial charge on any atom is 0.144 e. The lowest BCUT2D eigenvalue weighted by Crippen LogP contribution is -2.32. The van der Waals surface area contributed by atoms with Gasteiger partial charge in [0.2, 0.25) is 0 Å². The number of amidine groups is 1. The first-order valence-electron chi connectivity index (χ1n) is 6.35. The lowest BCUT2D eigenvalue weighted by molar-refractivity contribution is 0.305. The molecule has 106 valence electrons. The van der Waals surface area contributed by atoms with E-state index in [0.717, 1.165) is 29.5 Å². The van der Waals surface area contributed by atoms with E-state index in [2.05, 4.69) is 45.5 Å². The number of nitrogens with two attached hydrogens (primary N) is 1.